The van der Waals surface area contributed by atoms with Gasteiger partial charge in [0.25, 0.3) is 0 Å². The molecular formula is C21H24FNO3. The lowest BCUT2D eigenvalue weighted by Crippen LogP contribution is -2.34. The monoisotopic (exact) mass is 357 g/mol. The Bertz CT molecular complexity index is 712. The summed E-state index contributed by atoms with van der Waals surface area (Å²) in [6, 6.07) is 14.3. The number of halogens is 1. The van der Waals surface area contributed by atoms with Crippen LogP contribution >= 0.6 is 0 Å². The first-order valence-electron chi connectivity index (χ1n) is 8.40. The van der Waals surface area contributed by atoms with Crippen LogP contribution in [0.3, 0.4) is 0 Å². The van der Waals surface area contributed by atoms with E-state index in [1.54, 1.807) is 25.3 Å². The molecule has 0 aliphatic heterocycles. The van der Waals surface area contributed by atoms with Crippen LogP contribution < -0.4 is 4.74 Å². The number of terminal acetylenes is 1. The molecule has 5 heteroatoms. The van der Waals surface area contributed by atoms with E-state index in [0.717, 1.165) is 11.3 Å². The van der Waals surface area contributed by atoms with Crippen molar-refractivity contribution in [1.29, 1.82) is 0 Å². The van der Waals surface area contributed by atoms with Crippen molar-refractivity contribution in [3.63, 3.8) is 0 Å². The summed E-state index contributed by atoms with van der Waals surface area (Å²) in [6.07, 6.45) is 4.43. The smallest absolute Gasteiger partial charge is 0.127 e. The molecule has 1 unspecified atom stereocenters. The fourth-order valence-electron chi connectivity index (χ4n) is 2.65. The van der Waals surface area contributed by atoms with Gasteiger partial charge in [-0.25, -0.2) is 4.39 Å². The molecule has 2 aromatic carbocycles. The van der Waals surface area contributed by atoms with Crippen LogP contribution in [-0.4, -0.2) is 43.0 Å². The molecule has 1 N–H and O–H groups in total. The van der Waals surface area contributed by atoms with E-state index in [2.05, 4.69) is 5.92 Å². The first-order chi connectivity index (χ1) is 12.6. The highest BCUT2D eigenvalue weighted by Gasteiger charge is 2.15. The molecule has 0 radical (unpaired) electrons. The number of ether oxygens (including phenoxy) is 2. The minimum absolute atomic E-state index is 0.139. The molecule has 26 heavy (non-hydrogen) atoms. The van der Waals surface area contributed by atoms with Crippen LogP contribution in [0, 0.1) is 18.2 Å². The van der Waals surface area contributed by atoms with Crippen molar-refractivity contribution >= 4 is 0 Å². The van der Waals surface area contributed by atoms with E-state index in [4.69, 9.17) is 15.9 Å². The quantitative estimate of drug-likeness (QED) is 0.524. The van der Waals surface area contributed by atoms with Gasteiger partial charge in [-0.05, 0) is 23.8 Å². The fraction of sp³-hybridized carbons (Fsp3) is 0.333. The predicted octanol–water partition coefficient (Wildman–Crippen LogP) is 2.85. The number of nitrogens with zero attached hydrogens (tertiary/aromatic N) is 1. The summed E-state index contributed by atoms with van der Waals surface area (Å²) in [5, 5.41) is 10.2. The molecule has 0 amide bonds. The van der Waals surface area contributed by atoms with Crippen LogP contribution in [0.5, 0.6) is 5.75 Å². The second-order valence-electron chi connectivity index (χ2n) is 5.98. The summed E-state index contributed by atoms with van der Waals surface area (Å²) < 4.78 is 24.4. The Labute approximate surface area is 154 Å². The van der Waals surface area contributed by atoms with Gasteiger partial charge < -0.3 is 14.6 Å². The lowest BCUT2D eigenvalue weighted by Gasteiger charge is -2.25. The molecule has 0 heterocycles. The fourth-order valence-corrected chi connectivity index (χ4v) is 2.65. The van der Waals surface area contributed by atoms with Gasteiger partial charge in [-0.1, -0.05) is 36.3 Å². The van der Waals surface area contributed by atoms with Gasteiger partial charge in [0, 0.05) is 25.2 Å². The molecule has 2 aromatic rings. The highest BCUT2D eigenvalue weighted by atomic mass is 19.1. The molecule has 0 aromatic heterocycles. The first-order valence-corrected chi connectivity index (χ1v) is 8.40. The maximum Gasteiger partial charge on any atom is 0.127 e. The minimum Gasteiger partial charge on any atom is -0.497 e. The molecule has 0 aliphatic carbocycles. The molecule has 0 saturated carbocycles. The van der Waals surface area contributed by atoms with Gasteiger partial charge in [0.15, 0.2) is 0 Å². The van der Waals surface area contributed by atoms with Crippen molar-refractivity contribution in [3.8, 4) is 18.1 Å². The van der Waals surface area contributed by atoms with Crippen molar-refractivity contribution < 1.29 is 19.0 Å². The van der Waals surface area contributed by atoms with Crippen molar-refractivity contribution in [2.45, 2.75) is 19.2 Å². The molecule has 4 nitrogen and oxygen atoms in total. The van der Waals surface area contributed by atoms with Crippen molar-refractivity contribution in [1.82, 2.24) is 4.90 Å². The zero-order valence-corrected chi connectivity index (χ0v) is 14.9. The Morgan fingerprint density at radius 1 is 1.15 bits per heavy atom. The largest absolute Gasteiger partial charge is 0.497 e. The van der Waals surface area contributed by atoms with Crippen LogP contribution in [0.25, 0.3) is 0 Å². The molecule has 0 fully saturated rings. The third-order valence-electron chi connectivity index (χ3n) is 3.88. The van der Waals surface area contributed by atoms with E-state index in [-0.39, 0.29) is 19.0 Å². The van der Waals surface area contributed by atoms with Crippen molar-refractivity contribution in [3.05, 3.63) is 65.5 Å². The zero-order valence-electron chi connectivity index (χ0n) is 14.9. The average molecular weight is 357 g/mol. The number of hydrogen-bond donors (Lipinski definition) is 1. The molecule has 0 bridgehead atoms. The highest BCUT2D eigenvalue weighted by Crippen LogP contribution is 2.16. The molecule has 0 aliphatic rings. The van der Waals surface area contributed by atoms with Gasteiger partial charge in [-0.3, -0.25) is 4.90 Å². The van der Waals surface area contributed by atoms with Gasteiger partial charge in [-0.15, -0.1) is 6.42 Å². The van der Waals surface area contributed by atoms with E-state index < -0.39 is 6.10 Å². The topological polar surface area (TPSA) is 41.9 Å². The molecule has 138 valence electrons. The van der Waals surface area contributed by atoms with E-state index in [9.17, 15) is 9.50 Å². The van der Waals surface area contributed by atoms with E-state index in [1.807, 2.05) is 29.2 Å². The summed E-state index contributed by atoms with van der Waals surface area (Å²) in [5.74, 6) is 2.88. The summed E-state index contributed by atoms with van der Waals surface area (Å²) >= 11 is 0. The Balaban J connectivity index is 2.06. The maximum absolute atomic E-state index is 14.0. The van der Waals surface area contributed by atoms with Crippen LogP contribution in [-0.2, 0) is 17.8 Å². The third kappa shape index (κ3) is 6.49. The second kappa shape index (κ2) is 10.6. The van der Waals surface area contributed by atoms with Crippen molar-refractivity contribution in [2.75, 3.05) is 26.9 Å². The number of rotatable bonds is 10. The van der Waals surface area contributed by atoms with Crippen LogP contribution in [0.2, 0.25) is 0 Å². The lowest BCUT2D eigenvalue weighted by atomic mass is 10.1. The number of hydrogen-bond acceptors (Lipinski definition) is 4. The van der Waals surface area contributed by atoms with Gasteiger partial charge in [0.05, 0.1) is 19.8 Å². The molecule has 0 spiro atoms. The highest BCUT2D eigenvalue weighted by molar-refractivity contribution is 5.27. The number of benzene rings is 2. The van der Waals surface area contributed by atoms with Crippen LogP contribution in [0.4, 0.5) is 4.39 Å². The predicted molar refractivity (Wildman–Crippen MR) is 99.2 cm³/mol. The SMILES string of the molecule is C#CCOCC(O)CN(Cc1ccc(OC)cc1)Cc1ccccc1F. The summed E-state index contributed by atoms with van der Waals surface area (Å²) in [4.78, 5) is 1.98. The Kier molecular flexibility index (Phi) is 8.10. The summed E-state index contributed by atoms with van der Waals surface area (Å²) in [7, 11) is 1.62. The van der Waals surface area contributed by atoms with Gasteiger partial charge in [0.2, 0.25) is 0 Å². The molecule has 1 atom stereocenters. The number of aliphatic hydroxyl groups excluding tert-OH is 1. The van der Waals surface area contributed by atoms with Gasteiger partial charge in [-0.2, -0.15) is 0 Å². The summed E-state index contributed by atoms with van der Waals surface area (Å²) in [6.45, 7) is 1.57. The molecule has 0 saturated heterocycles. The van der Waals surface area contributed by atoms with Crippen LogP contribution in [0.1, 0.15) is 11.1 Å². The maximum atomic E-state index is 14.0. The van der Waals surface area contributed by atoms with E-state index in [0.29, 0.717) is 25.2 Å². The molecule has 2 rings (SSSR count). The lowest BCUT2D eigenvalue weighted by molar-refractivity contribution is 0.0241. The Morgan fingerprint density at radius 3 is 2.54 bits per heavy atom. The third-order valence-corrected chi connectivity index (χ3v) is 3.88. The van der Waals surface area contributed by atoms with E-state index >= 15 is 0 Å². The average Bonchev–Trinajstić information content (AvgIpc) is 2.64. The minimum atomic E-state index is -0.714. The second-order valence-corrected chi connectivity index (χ2v) is 5.98. The first kappa shape index (κ1) is 19.9. The summed E-state index contributed by atoms with van der Waals surface area (Å²) in [5.41, 5.74) is 1.62. The number of aliphatic hydroxyl groups is 1. The van der Waals surface area contributed by atoms with Crippen molar-refractivity contribution in [2.24, 2.45) is 0 Å². The van der Waals surface area contributed by atoms with Gasteiger partial charge in [0.1, 0.15) is 18.2 Å². The Hall–Kier alpha value is -2.39. The van der Waals surface area contributed by atoms with Gasteiger partial charge >= 0.3 is 0 Å². The van der Waals surface area contributed by atoms with Crippen LogP contribution in [0.15, 0.2) is 48.5 Å². The standard InChI is InChI=1S/C21H24FNO3/c1-3-12-26-16-19(24)15-23(14-18-6-4-5-7-21(18)22)13-17-8-10-20(25-2)11-9-17/h1,4-11,19,24H,12-16H2,2H3. The zero-order chi connectivity index (χ0) is 18.8. The van der Waals surface area contributed by atoms with E-state index in [1.165, 1.54) is 6.07 Å². The molecular weight excluding hydrogens is 333 g/mol. The number of methoxy groups -OCH3 is 1. The Morgan fingerprint density at radius 2 is 1.88 bits per heavy atom. The normalized spacial score (nSPS) is 12.0.